The van der Waals surface area contributed by atoms with Gasteiger partial charge in [-0.25, -0.2) is 14.8 Å². The van der Waals surface area contributed by atoms with Gasteiger partial charge in [-0.1, -0.05) is 0 Å². The van der Waals surface area contributed by atoms with Crippen LogP contribution in [0.3, 0.4) is 0 Å². The second kappa shape index (κ2) is 13.4. The minimum absolute atomic E-state index is 0.0281. The molecule has 1 unspecified atom stereocenters. The van der Waals surface area contributed by atoms with Gasteiger partial charge in [0.05, 0.1) is 27.9 Å². The summed E-state index contributed by atoms with van der Waals surface area (Å²) in [5.74, 6) is 0.792. The Bertz CT molecular complexity index is 2630. The van der Waals surface area contributed by atoms with Crippen LogP contribution in [0.1, 0.15) is 35.5 Å². The molecule has 56 heavy (non-hydrogen) atoms. The Balaban J connectivity index is 0.753. The number of anilines is 3. The average Bonchev–Trinajstić information content (AvgIpc) is 3.64. The van der Waals surface area contributed by atoms with E-state index in [-0.39, 0.29) is 30.0 Å². The molecule has 0 saturated carbocycles. The molecule has 3 saturated heterocycles. The first-order valence-electron chi connectivity index (χ1n) is 19.3. The molecule has 0 spiro atoms. The summed E-state index contributed by atoms with van der Waals surface area (Å²) >= 11 is 1.52. The first-order chi connectivity index (χ1) is 27.2. The van der Waals surface area contributed by atoms with Crippen LogP contribution in [-0.4, -0.2) is 100 Å². The highest BCUT2D eigenvalue weighted by molar-refractivity contribution is 7.21. The molecule has 14 nitrogen and oxygen atoms in total. The molecule has 8 heterocycles. The van der Waals surface area contributed by atoms with Crippen molar-refractivity contribution in [2.24, 2.45) is 13.0 Å². The van der Waals surface area contributed by atoms with Gasteiger partial charge in [0.2, 0.25) is 11.8 Å². The molecule has 15 heteroatoms. The number of fused-ring (bicyclic) bond motifs is 6. The van der Waals surface area contributed by atoms with E-state index in [0.29, 0.717) is 24.4 Å². The van der Waals surface area contributed by atoms with Crippen LogP contribution >= 0.6 is 11.3 Å². The number of thiophene rings is 1. The molecule has 0 radical (unpaired) electrons. The van der Waals surface area contributed by atoms with Crippen molar-refractivity contribution in [3.8, 4) is 11.3 Å². The molecular formula is C41H42N10O4S. The Labute approximate surface area is 326 Å². The third-order valence-corrected chi connectivity index (χ3v) is 13.0. The summed E-state index contributed by atoms with van der Waals surface area (Å²) in [7, 11) is 1.73. The lowest BCUT2D eigenvalue weighted by Gasteiger charge is -2.45. The van der Waals surface area contributed by atoms with E-state index in [1.807, 2.05) is 43.5 Å². The van der Waals surface area contributed by atoms with E-state index in [9.17, 15) is 19.2 Å². The fraction of sp³-hybridized carbons (Fsp3) is 0.366. The predicted octanol–water partition coefficient (Wildman–Crippen LogP) is 3.94. The lowest BCUT2D eigenvalue weighted by Crippen LogP contribution is -2.55. The second-order valence-corrected chi connectivity index (χ2v) is 16.6. The van der Waals surface area contributed by atoms with Crippen LogP contribution in [0, 0.1) is 5.92 Å². The van der Waals surface area contributed by atoms with Crippen LogP contribution in [0.2, 0.25) is 0 Å². The minimum atomic E-state index is -0.683. The van der Waals surface area contributed by atoms with Gasteiger partial charge in [0, 0.05) is 111 Å². The molecule has 286 valence electrons. The fourth-order valence-electron chi connectivity index (χ4n) is 8.81. The van der Waals surface area contributed by atoms with Crippen molar-refractivity contribution in [1.82, 2.24) is 34.6 Å². The highest BCUT2D eigenvalue weighted by Crippen LogP contribution is 2.41. The zero-order valence-electron chi connectivity index (χ0n) is 31.2. The summed E-state index contributed by atoms with van der Waals surface area (Å²) in [4.78, 5) is 68.1. The van der Waals surface area contributed by atoms with Crippen LogP contribution in [0.15, 0.2) is 65.6 Å². The summed E-state index contributed by atoms with van der Waals surface area (Å²) in [6.07, 6.45) is 2.46. The third kappa shape index (κ3) is 5.87. The van der Waals surface area contributed by atoms with Gasteiger partial charge in [-0.2, -0.15) is 0 Å². The standard InChI is InChI=1S/C41H42N10O4S/c1-23-18-43-37-36-27-5-6-28(45-29(27)7-10-33(36)56-38(37)40(54)44-23)25-3-11-34(42-19-25)49-15-13-48(14-16-49)20-24-21-50(22-24)26-4-8-30-32(17-26)47(2)41(55)51(30)31-9-12-35(52)46-39(31)53/h3-8,10-11,17,19,23-24,31,43H,9,12-16,18,20-22H2,1-2H3,(H,44,54)(H,46,52,53)/t23-,31?/m1/s1. The first-order valence-corrected chi connectivity index (χ1v) is 20.1. The Morgan fingerprint density at radius 3 is 2.54 bits per heavy atom. The van der Waals surface area contributed by atoms with Gasteiger partial charge in [-0.3, -0.25) is 33.7 Å². The lowest BCUT2D eigenvalue weighted by molar-refractivity contribution is -0.135. The maximum absolute atomic E-state index is 13.2. The number of aromatic nitrogens is 4. The van der Waals surface area contributed by atoms with E-state index in [1.54, 1.807) is 11.6 Å². The molecule has 0 bridgehead atoms. The maximum Gasteiger partial charge on any atom is 0.329 e. The number of imidazole rings is 1. The zero-order chi connectivity index (χ0) is 38.2. The largest absolute Gasteiger partial charge is 0.381 e. The first kappa shape index (κ1) is 34.7. The number of piperazine rings is 1. The molecule has 3 amide bonds. The van der Waals surface area contributed by atoms with E-state index in [0.717, 1.165) is 106 Å². The topological polar surface area (TPSA) is 150 Å². The van der Waals surface area contributed by atoms with E-state index < -0.39 is 11.9 Å². The van der Waals surface area contributed by atoms with Crippen molar-refractivity contribution in [2.45, 2.75) is 31.8 Å². The van der Waals surface area contributed by atoms with Crippen LogP contribution in [-0.2, 0) is 16.6 Å². The summed E-state index contributed by atoms with van der Waals surface area (Å²) in [5.41, 5.74) is 5.93. The molecule has 2 atom stereocenters. The maximum atomic E-state index is 13.2. The zero-order valence-corrected chi connectivity index (χ0v) is 32.1. The molecule has 4 aliphatic heterocycles. The van der Waals surface area contributed by atoms with Gasteiger partial charge in [-0.05, 0) is 67.9 Å². The van der Waals surface area contributed by atoms with Crippen LogP contribution in [0.5, 0.6) is 0 Å². The summed E-state index contributed by atoms with van der Waals surface area (Å²) < 4.78 is 4.19. The average molecular weight is 771 g/mol. The number of aryl methyl sites for hydroxylation is 1. The van der Waals surface area contributed by atoms with Gasteiger partial charge in [0.25, 0.3) is 5.91 Å². The number of piperidine rings is 1. The van der Waals surface area contributed by atoms with E-state index in [4.69, 9.17) is 9.97 Å². The number of rotatable bonds is 6. The number of nitrogens with one attached hydrogen (secondary N) is 3. The summed E-state index contributed by atoms with van der Waals surface area (Å²) in [6, 6.07) is 17.8. The minimum Gasteiger partial charge on any atom is -0.381 e. The van der Waals surface area contributed by atoms with Gasteiger partial charge in [0.1, 0.15) is 16.7 Å². The van der Waals surface area contributed by atoms with Crippen molar-refractivity contribution in [2.75, 3.05) is 67.5 Å². The second-order valence-electron chi connectivity index (χ2n) is 15.6. The van der Waals surface area contributed by atoms with Crippen molar-refractivity contribution >= 4 is 78.3 Å². The normalized spacial score (nSPS) is 20.9. The number of amides is 3. The molecule has 2 aromatic carbocycles. The quantitative estimate of drug-likeness (QED) is 0.213. The highest BCUT2D eigenvalue weighted by Gasteiger charge is 2.33. The van der Waals surface area contributed by atoms with Crippen molar-refractivity contribution in [1.29, 1.82) is 0 Å². The molecule has 4 aliphatic rings. The molecule has 10 rings (SSSR count). The Kier molecular flexibility index (Phi) is 8.33. The van der Waals surface area contributed by atoms with Crippen molar-refractivity contribution in [3.05, 3.63) is 76.2 Å². The molecule has 6 aromatic rings. The van der Waals surface area contributed by atoms with Crippen molar-refractivity contribution < 1.29 is 14.4 Å². The molecular weight excluding hydrogens is 729 g/mol. The van der Waals surface area contributed by atoms with Gasteiger partial charge < -0.3 is 20.4 Å². The Hall–Kier alpha value is -5.80. The van der Waals surface area contributed by atoms with Gasteiger partial charge in [0.15, 0.2) is 0 Å². The van der Waals surface area contributed by atoms with E-state index in [2.05, 4.69) is 54.9 Å². The Morgan fingerprint density at radius 1 is 0.911 bits per heavy atom. The number of nitrogens with zero attached hydrogens (tertiary/aromatic N) is 7. The fourth-order valence-corrected chi connectivity index (χ4v) is 9.91. The number of benzene rings is 2. The Morgan fingerprint density at radius 2 is 1.75 bits per heavy atom. The molecule has 3 fully saturated rings. The number of hydrogen-bond donors (Lipinski definition) is 3. The number of carbonyl (C=O) groups is 3. The molecule has 4 aromatic heterocycles. The monoisotopic (exact) mass is 770 g/mol. The number of carbonyl (C=O) groups excluding carboxylic acids is 3. The number of hydrogen-bond acceptors (Lipinski definition) is 11. The van der Waals surface area contributed by atoms with Crippen LogP contribution < -0.4 is 31.4 Å². The number of imide groups is 1. The molecule has 0 aliphatic carbocycles. The van der Waals surface area contributed by atoms with Crippen LogP contribution in [0.25, 0.3) is 43.3 Å². The van der Waals surface area contributed by atoms with E-state index in [1.165, 1.54) is 15.9 Å². The SMILES string of the molecule is C[C@@H]1CNc2c(sc3ccc4nc(-c5ccc(N6CCN(CC7CN(c8ccc9c(c8)n(C)c(=O)n9C8CCC(=O)NC8=O)C7)CC6)nc5)ccc4c23)C(=O)N1. The third-order valence-electron chi connectivity index (χ3n) is 11.9. The summed E-state index contributed by atoms with van der Waals surface area (Å²) in [6.45, 7) is 9.41. The number of pyridine rings is 2. The highest BCUT2D eigenvalue weighted by atomic mass is 32.1. The predicted molar refractivity (Wildman–Crippen MR) is 219 cm³/mol. The van der Waals surface area contributed by atoms with Crippen molar-refractivity contribution in [3.63, 3.8) is 0 Å². The lowest BCUT2D eigenvalue weighted by atomic mass is 9.98. The van der Waals surface area contributed by atoms with Gasteiger partial charge in [-0.15, -0.1) is 11.3 Å². The smallest absolute Gasteiger partial charge is 0.329 e. The van der Waals surface area contributed by atoms with Gasteiger partial charge >= 0.3 is 5.69 Å². The van der Waals surface area contributed by atoms with Crippen LogP contribution in [0.4, 0.5) is 17.2 Å². The molecule has 3 N–H and O–H groups in total. The van der Waals surface area contributed by atoms with E-state index >= 15 is 0 Å². The summed E-state index contributed by atoms with van der Waals surface area (Å²) in [5, 5.41) is 11.0.